The minimum atomic E-state index is -1.21. The number of aliphatic hydroxyl groups is 1. The van der Waals surface area contributed by atoms with Crippen molar-refractivity contribution in [2.45, 2.75) is 63.4 Å². The number of amides is 1. The summed E-state index contributed by atoms with van der Waals surface area (Å²) in [5.41, 5.74) is 0.0800. The third-order valence-corrected chi connectivity index (χ3v) is 6.39. The van der Waals surface area contributed by atoms with Crippen molar-refractivity contribution < 1.29 is 9.90 Å². The fourth-order valence-corrected chi connectivity index (χ4v) is 4.73. The molecule has 2 fully saturated rings. The molecular weight excluding hydrogens is 336 g/mol. The summed E-state index contributed by atoms with van der Waals surface area (Å²) in [5.74, 6) is 0.728. The molecule has 150 valence electrons. The second kappa shape index (κ2) is 9.70. The predicted molar refractivity (Wildman–Crippen MR) is 110 cm³/mol. The molecule has 0 spiro atoms. The summed E-state index contributed by atoms with van der Waals surface area (Å²) in [6.45, 7) is 2.90. The smallest absolute Gasteiger partial charge is 0.255 e. The molecule has 1 saturated heterocycles. The quantitative estimate of drug-likeness (QED) is 0.760. The maximum atomic E-state index is 13.0. The number of carbonyl (C=O) groups is 1. The van der Waals surface area contributed by atoms with Crippen LogP contribution in [0.4, 0.5) is 0 Å². The van der Waals surface area contributed by atoms with Gasteiger partial charge in [-0.15, -0.1) is 0 Å². The lowest BCUT2D eigenvalue weighted by atomic mass is 9.86. The summed E-state index contributed by atoms with van der Waals surface area (Å²) in [7, 11) is 2.01. The maximum Gasteiger partial charge on any atom is 0.255 e. The van der Waals surface area contributed by atoms with Crippen LogP contribution in [0.5, 0.6) is 0 Å². The molecule has 1 aliphatic carbocycles. The highest BCUT2D eigenvalue weighted by molar-refractivity contribution is 5.86. The zero-order chi connectivity index (χ0) is 19.1. The van der Waals surface area contributed by atoms with Crippen LogP contribution in [0.2, 0.25) is 0 Å². The van der Waals surface area contributed by atoms with E-state index in [0.29, 0.717) is 13.0 Å². The molecule has 4 heteroatoms. The summed E-state index contributed by atoms with van der Waals surface area (Å²) in [6.07, 6.45) is 10.2. The van der Waals surface area contributed by atoms with E-state index in [0.717, 1.165) is 44.8 Å². The largest absolute Gasteiger partial charge is 0.379 e. The summed E-state index contributed by atoms with van der Waals surface area (Å²) < 4.78 is 0. The Bertz CT molecular complexity index is 585. The van der Waals surface area contributed by atoms with Gasteiger partial charge in [0.15, 0.2) is 5.60 Å². The third-order valence-electron chi connectivity index (χ3n) is 6.39. The number of carbonyl (C=O) groups excluding carboxylic acids is 1. The van der Waals surface area contributed by atoms with Gasteiger partial charge in [-0.3, -0.25) is 4.79 Å². The lowest BCUT2D eigenvalue weighted by Crippen LogP contribution is -2.58. The van der Waals surface area contributed by atoms with Gasteiger partial charge >= 0.3 is 0 Å². The lowest BCUT2D eigenvalue weighted by Gasteiger charge is -2.40. The fraction of sp³-hybridized carbons (Fsp3) is 0.696. The van der Waals surface area contributed by atoms with Crippen LogP contribution in [0.15, 0.2) is 30.3 Å². The number of hydrogen-bond acceptors (Lipinski definition) is 3. The Labute approximate surface area is 164 Å². The van der Waals surface area contributed by atoms with Gasteiger partial charge in [-0.05, 0) is 44.2 Å². The molecule has 1 heterocycles. The van der Waals surface area contributed by atoms with Crippen LogP contribution < -0.4 is 0 Å². The molecule has 0 unspecified atom stereocenters. The molecule has 2 aliphatic rings. The zero-order valence-corrected chi connectivity index (χ0v) is 16.9. The first kappa shape index (κ1) is 20.3. The summed E-state index contributed by atoms with van der Waals surface area (Å²) in [5, 5.41) is 11.1. The van der Waals surface area contributed by atoms with Crippen LogP contribution in [-0.4, -0.2) is 59.6 Å². The molecule has 1 N–H and O–H groups in total. The Morgan fingerprint density at radius 3 is 2.63 bits per heavy atom. The van der Waals surface area contributed by atoms with Gasteiger partial charge in [0.05, 0.1) is 0 Å². The monoisotopic (exact) mass is 372 g/mol. The zero-order valence-electron chi connectivity index (χ0n) is 16.9. The molecule has 0 bridgehead atoms. The molecule has 0 radical (unpaired) electrons. The van der Waals surface area contributed by atoms with Crippen molar-refractivity contribution in [3.05, 3.63) is 35.9 Å². The number of piperidine rings is 1. The Morgan fingerprint density at radius 2 is 1.89 bits per heavy atom. The lowest BCUT2D eigenvalue weighted by molar-refractivity contribution is -0.159. The molecule has 1 aromatic carbocycles. The SMILES string of the molecule is CN(CCc1ccccc1)C[C@@]1(O)CCCN(CCC2CCCCC2)C1=O. The predicted octanol–water partition coefficient (Wildman–Crippen LogP) is 3.48. The molecule has 1 aromatic rings. The van der Waals surface area contributed by atoms with Gasteiger partial charge in [-0.25, -0.2) is 0 Å². The number of benzene rings is 1. The highest BCUT2D eigenvalue weighted by Gasteiger charge is 2.42. The van der Waals surface area contributed by atoms with Gasteiger partial charge in [0, 0.05) is 26.2 Å². The minimum Gasteiger partial charge on any atom is -0.379 e. The van der Waals surface area contributed by atoms with E-state index >= 15 is 0 Å². The van der Waals surface area contributed by atoms with Crippen LogP contribution in [0.3, 0.4) is 0 Å². The Hall–Kier alpha value is -1.39. The average molecular weight is 373 g/mol. The van der Waals surface area contributed by atoms with Gasteiger partial charge in [0.25, 0.3) is 5.91 Å². The van der Waals surface area contributed by atoms with Crippen LogP contribution in [0.25, 0.3) is 0 Å². The molecule has 1 atom stereocenters. The van der Waals surface area contributed by atoms with E-state index < -0.39 is 5.60 Å². The molecule has 1 amide bonds. The van der Waals surface area contributed by atoms with E-state index in [1.807, 2.05) is 18.0 Å². The summed E-state index contributed by atoms with van der Waals surface area (Å²) >= 11 is 0. The van der Waals surface area contributed by atoms with Crippen LogP contribution in [-0.2, 0) is 11.2 Å². The maximum absolute atomic E-state index is 13.0. The minimum absolute atomic E-state index is 0.0453. The van der Waals surface area contributed by atoms with Crippen molar-refractivity contribution in [2.75, 3.05) is 33.2 Å². The van der Waals surface area contributed by atoms with Crippen LogP contribution >= 0.6 is 0 Å². The second-order valence-corrected chi connectivity index (χ2v) is 8.69. The normalized spacial score (nSPS) is 24.6. The number of nitrogens with zero attached hydrogens (tertiary/aromatic N) is 2. The Balaban J connectivity index is 1.48. The van der Waals surface area contributed by atoms with Gasteiger partial charge in [0.1, 0.15) is 0 Å². The van der Waals surface area contributed by atoms with Crippen LogP contribution in [0, 0.1) is 5.92 Å². The molecular formula is C23H36N2O2. The summed E-state index contributed by atoms with van der Waals surface area (Å²) in [6, 6.07) is 10.4. The molecule has 1 saturated carbocycles. The Morgan fingerprint density at radius 1 is 1.15 bits per heavy atom. The van der Waals surface area contributed by atoms with Gasteiger partial charge in [0.2, 0.25) is 0 Å². The highest BCUT2D eigenvalue weighted by Crippen LogP contribution is 2.28. The van der Waals surface area contributed by atoms with Gasteiger partial charge in [-0.1, -0.05) is 62.4 Å². The molecule has 3 rings (SSSR count). The van der Waals surface area contributed by atoms with Crippen molar-refractivity contribution in [3.63, 3.8) is 0 Å². The number of likely N-dealkylation sites (N-methyl/N-ethyl adjacent to an activating group) is 1. The second-order valence-electron chi connectivity index (χ2n) is 8.69. The van der Waals surface area contributed by atoms with Crippen molar-refractivity contribution in [2.24, 2.45) is 5.92 Å². The van der Waals surface area contributed by atoms with Gasteiger partial charge < -0.3 is 14.9 Å². The fourth-order valence-electron chi connectivity index (χ4n) is 4.73. The Kier molecular flexibility index (Phi) is 7.31. The van der Waals surface area contributed by atoms with Crippen molar-refractivity contribution >= 4 is 5.91 Å². The number of hydrogen-bond donors (Lipinski definition) is 1. The first-order valence-electron chi connectivity index (χ1n) is 10.8. The van der Waals surface area contributed by atoms with Crippen molar-refractivity contribution in [1.82, 2.24) is 9.80 Å². The standard InChI is InChI=1S/C23H36N2O2/c1-24(17-13-20-9-4-2-5-10-20)19-23(27)15-8-16-25(22(23)26)18-14-21-11-6-3-7-12-21/h2,4-5,9-10,21,27H,3,6-8,11-19H2,1H3/t23-/m0/s1. The first-order valence-corrected chi connectivity index (χ1v) is 10.8. The molecule has 27 heavy (non-hydrogen) atoms. The third kappa shape index (κ3) is 5.79. The number of rotatable bonds is 8. The topological polar surface area (TPSA) is 43.8 Å². The molecule has 1 aliphatic heterocycles. The van der Waals surface area contributed by atoms with E-state index in [-0.39, 0.29) is 5.91 Å². The summed E-state index contributed by atoms with van der Waals surface area (Å²) in [4.78, 5) is 17.0. The van der Waals surface area contributed by atoms with E-state index in [4.69, 9.17) is 0 Å². The highest BCUT2D eigenvalue weighted by atomic mass is 16.3. The van der Waals surface area contributed by atoms with E-state index in [1.165, 1.54) is 37.7 Å². The first-order chi connectivity index (χ1) is 13.1. The van der Waals surface area contributed by atoms with E-state index in [2.05, 4.69) is 29.2 Å². The molecule has 0 aromatic heterocycles. The van der Waals surface area contributed by atoms with Crippen LogP contribution in [0.1, 0.15) is 56.9 Å². The van der Waals surface area contributed by atoms with Gasteiger partial charge in [-0.2, -0.15) is 0 Å². The molecule has 4 nitrogen and oxygen atoms in total. The van der Waals surface area contributed by atoms with E-state index in [1.54, 1.807) is 0 Å². The van der Waals surface area contributed by atoms with E-state index in [9.17, 15) is 9.90 Å². The van der Waals surface area contributed by atoms with Crippen molar-refractivity contribution in [3.8, 4) is 0 Å². The number of likely N-dealkylation sites (tertiary alicyclic amines) is 1. The van der Waals surface area contributed by atoms with Crippen molar-refractivity contribution in [1.29, 1.82) is 0 Å². The average Bonchev–Trinajstić information content (AvgIpc) is 2.69.